The summed E-state index contributed by atoms with van der Waals surface area (Å²) in [5.74, 6) is -0.606. The van der Waals surface area contributed by atoms with Crippen LogP contribution in [0.2, 0.25) is 0 Å². The molecule has 0 aliphatic carbocycles. The lowest BCUT2D eigenvalue weighted by atomic mass is 9.88. The van der Waals surface area contributed by atoms with Crippen LogP contribution in [0.1, 0.15) is 34.6 Å². The molecule has 5 aromatic rings. The third kappa shape index (κ3) is 3.98. The van der Waals surface area contributed by atoms with Crippen molar-refractivity contribution in [2.75, 3.05) is 0 Å². The maximum Gasteiger partial charge on any atom is 0.229 e. The van der Waals surface area contributed by atoms with Gasteiger partial charge in [0.2, 0.25) is 11.4 Å². The van der Waals surface area contributed by atoms with Crippen LogP contribution in [-0.4, -0.2) is 0 Å². The summed E-state index contributed by atoms with van der Waals surface area (Å²) < 4.78 is 41.0. The molecule has 3 nitrogen and oxygen atoms in total. The topological polar surface area (TPSA) is 21.4 Å². The maximum absolute atomic E-state index is 15.6. The first-order valence-corrected chi connectivity index (χ1v) is 11.6. The number of benzene rings is 3. The summed E-state index contributed by atoms with van der Waals surface area (Å²) in [6.45, 7) is 14.9. The maximum atomic E-state index is 15.6. The van der Waals surface area contributed by atoms with Crippen LogP contribution < -0.4 is 4.57 Å². The van der Waals surface area contributed by atoms with Crippen molar-refractivity contribution in [1.29, 1.82) is 0 Å². The number of furan rings is 1. The van der Waals surface area contributed by atoms with Crippen molar-refractivity contribution in [3.05, 3.63) is 95.2 Å². The minimum Gasteiger partial charge on any atom is -0.466 e. The molecule has 174 valence electrons. The van der Waals surface area contributed by atoms with Crippen molar-refractivity contribution >= 4 is 27.6 Å². The Morgan fingerprint density at radius 2 is 1.80 bits per heavy atom. The summed E-state index contributed by atoms with van der Waals surface area (Å²) in [5, 5.41) is 1.69. The van der Waals surface area contributed by atoms with E-state index in [2.05, 4.69) is 10.9 Å². The Bertz CT molecular complexity index is 1720. The zero-order valence-electron chi connectivity index (χ0n) is 22.5. The SMILES string of the molecule is [2H]C([2H])(c1c[n+](C)c(-c2c(C)cc(-c3ccccc3)c3c2oc2c([N+]#[C-])cccc23)cc1F)C(C)(C)C. The van der Waals surface area contributed by atoms with Crippen LogP contribution in [0.25, 0.3) is 49.2 Å². The molecule has 0 bridgehead atoms. The zero-order chi connectivity index (χ0) is 26.7. The monoisotopic (exact) mass is 465 g/mol. The number of halogens is 1. The van der Waals surface area contributed by atoms with E-state index < -0.39 is 17.6 Å². The van der Waals surface area contributed by atoms with Crippen LogP contribution in [-0.2, 0) is 13.4 Å². The molecule has 0 saturated heterocycles. The van der Waals surface area contributed by atoms with E-state index in [-0.39, 0.29) is 5.56 Å². The molecule has 0 amide bonds. The van der Waals surface area contributed by atoms with Crippen molar-refractivity contribution in [1.82, 2.24) is 0 Å². The molecule has 35 heavy (non-hydrogen) atoms. The average molecular weight is 466 g/mol. The Labute approximate surface area is 208 Å². The van der Waals surface area contributed by atoms with Crippen molar-refractivity contribution in [2.24, 2.45) is 12.5 Å². The number of nitrogens with zero attached hydrogens (tertiary/aromatic N) is 2. The van der Waals surface area contributed by atoms with Gasteiger partial charge in [0, 0.05) is 19.6 Å². The fourth-order valence-corrected chi connectivity index (χ4v) is 4.71. The van der Waals surface area contributed by atoms with Crippen molar-refractivity contribution in [3.63, 3.8) is 0 Å². The third-order valence-electron chi connectivity index (χ3n) is 6.14. The molecule has 5 rings (SSSR count). The Morgan fingerprint density at radius 3 is 2.49 bits per heavy atom. The first-order valence-electron chi connectivity index (χ1n) is 12.6. The molecule has 0 spiro atoms. The molecular formula is C31H28FN2O+. The van der Waals surface area contributed by atoms with E-state index in [1.165, 1.54) is 6.07 Å². The molecule has 0 atom stereocenters. The van der Waals surface area contributed by atoms with E-state index in [9.17, 15) is 0 Å². The molecule has 4 heteroatoms. The average Bonchev–Trinajstić information content (AvgIpc) is 3.24. The van der Waals surface area contributed by atoms with E-state index in [0.29, 0.717) is 28.1 Å². The second kappa shape index (κ2) is 8.36. The first-order chi connectivity index (χ1) is 17.5. The fraction of sp³-hybridized carbons (Fsp3) is 0.226. The van der Waals surface area contributed by atoms with Gasteiger partial charge in [0.1, 0.15) is 24.0 Å². The van der Waals surface area contributed by atoms with Crippen LogP contribution >= 0.6 is 0 Å². The van der Waals surface area contributed by atoms with Gasteiger partial charge in [0.05, 0.1) is 17.7 Å². The van der Waals surface area contributed by atoms with Gasteiger partial charge in [-0.25, -0.2) is 13.8 Å². The molecule has 2 aromatic heterocycles. The fourth-order valence-electron chi connectivity index (χ4n) is 4.71. The highest BCUT2D eigenvalue weighted by Gasteiger charge is 2.27. The zero-order valence-corrected chi connectivity index (χ0v) is 20.5. The van der Waals surface area contributed by atoms with Gasteiger partial charge in [-0.3, -0.25) is 0 Å². The number of pyridine rings is 1. The van der Waals surface area contributed by atoms with E-state index >= 15 is 4.39 Å². The van der Waals surface area contributed by atoms with Crippen molar-refractivity contribution in [2.45, 2.75) is 34.1 Å². The smallest absolute Gasteiger partial charge is 0.229 e. The third-order valence-corrected chi connectivity index (χ3v) is 6.14. The highest BCUT2D eigenvalue weighted by atomic mass is 19.1. The molecule has 0 fully saturated rings. The van der Waals surface area contributed by atoms with E-state index in [4.69, 9.17) is 13.7 Å². The van der Waals surface area contributed by atoms with Crippen LogP contribution in [0.3, 0.4) is 0 Å². The number of para-hydroxylation sites is 1. The molecular weight excluding hydrogens is 435 g/mol. The lowest BCUT2D eigenvalue weighted by Crippen LogP contribution is -2.33. The Kier molecular flexibility index (Phi) is 4.87. The second-order valence-corrected chi connectivity index (χ2v) is 9.96. The standard InChI is InChI=1S/C31H28FN2O/c1-19-15-23(20-11-8-7-9-12-20)28-22-13-10-14-25(33-5)29(22)35-30(28)27(19)26-16-24(32)21(18-34(26)6)17-31(2,3)4/h7-16,18H,17H2,1-4,6H3/q+1/i17D2. The van der Waals surface area contributed by atoms with Crippen LogP contribution in [0.5, 0.6) is 0 Å². The lowest BCUT2D eigenvalue weighted by Gasteiger charge is -2.18. The molecule has 2 heterocycles. The molecule has 0 aliphatic heterocycles. The molecule has 0 saturated carbocycles. The summed E-state index contributed by atoms with van der Waals surface area (Å²) in [5.41, 5.74) is 4.87. The summed E-state index contributed by atoms with van der Waals surface area (Å²) in [6, 6.07) is 19.0. The molecule has 0 aliphatic rings. The van der Waals surface area contributed by atoms with E-state index in [0.717, 1.165) is 27.5 Å². The van der Waals surface area contributed by atoms with Crippen LogP contribution in [0.4, 0.5) is 10.1 Å². The van der Waals surface area contributed by atoms with Gasteiger partial charge < -0.3 is 4.42 Å². The highest BCUT2D eigenvalue weighted by molar-refractivity contribution is 6.18. The number of hydrogen-bond donors (Lipinski definition) is 0. The van der Waals surface area contributed by atoms with Crippen LogP contribution in [0.15, 0.2) is 71.3 Å². The summed E-state index contributed by atoms with van der Waals surface area (Å²) in [4.78, 5) is 3.66. The van der Waals surface area contributed by atoms with E-state index in [1.807, 2.05) is 49.4 Å². The predicted molar refractivity (Wildman–Crippen MR) is 140 cm³/mol. The minimum atomic E-state index is -1.88. The highest BCUT2D eigenvalue weighted by Crippen LogP contribution is 2.45. The van der Waals surface area contributed by atoms with Gasteiger partial charge in [-0.2, -0.15) is 0 Å². The van der Waals surface area contributed by atoms with Gasteiger partial charge >= 0.3 is 0 Å². The lowest BCUT2D eigenvalue weighted by molar-refractivity contribution is -0.661. The Hall–Kier alpha value is -3.97. The minimum absolute atomic E-state index is 0.0148. The Morgan fingerprint density at radius 1 is 1.06 bits per heavy atom. The molecule has 0 radical (unpaired) electrons. The summed E-state index contributed by atoms with van der Waals surface area (Å²) in [6.07, 6.45) is -0.335. The Balaban J connectivity index is 1.88. The quantitative estimate of drug-likeness (QED) is 0.194. The number of fused-ring (bicyclic) bond motifs is 3. The predicted octanol–water partition coefficient (Wildman–Crippen LogP) is 8.33. The summed E-state index contributed by atoms with van der Waals surface area (Å²) in [7, 11) is 1.79. The second-order valence-electron chi connectivity index (χ2n) is 9.96. The largest absolute Gasteiger partial charge is 0.466 e. The van der Waals surface area contributed by atoms with E-state index in [1.54, 1.807) is 44.6 Å². The molecule has 3 aromatic carbocycles. The van der Waals surface area contributed by atoms with Gasteiger partial charge in [-0.05, 0) is 41.5 Å². The normalized spacial score (nSPS) is 13.1. The van der Waals surface area contributed by atoms with Gasteiger partial charge in [-0.15, -0.1) is 0 Å². The molecule has 0 unspecified atom stereocenters. The first kappa shape index (κ1) is 20.4. The van der Waals surface area contributed by atoms with Crippen LogP contribution in [0, 0.1) is 24.7 Å². The van der Waals surface area contributed by atoms with Gasteiger partial charge in [-0.1, -0.05) is 69.3 Å². The number of rotatable bonds is 3. The van der Waals surface area contributed by atoms with Crippen molar-refractivity contribution in [3.8, 4) is 22.4 Å². The van der Waals surface area contributed by atoms with Gasteiger partial charge in [0.25, 0.3) is 0 Å². The summed E-state index contributed by atoms with van der Waals surface area (Å²) >= 11 is 0. The van der Waals surface area contributed by atoms with Crippen molar-refractivity contribution < 1.29 is 16.1 Å². The number of aryl methyl sites for hydroxylation is 2. The van der Waals surface area contributed by atoms with Gasteiger partial charge in [0.15, 0.2) is 6.20 Å². The molecule has 0 N–H and O–H groups in total. The number of hydrogen-bond acceptors (Lipinski definition) is 1. The number of aromatic nitrogens is 1.